The predicted molar refractivity (Wildman–Crippen MR) is 52.5 cm³/mol. The summed E-state index contributed by atoms with van der Waals surface area (Å²) in [6.07, 6.45) is 1.37. The van der Waals surface area contributed by atoms with Crippen molar-refractivity contribution >= 4 is 23.5 Å². The van der Waals surface area contributed by atoms with E-state index in [1.165, 1.54) is 17.7 Å². The van der Waals surface area contributed by atoms with Gasteiger partial charge in [-0.15, -0.1) is 23.5 Å². The van der Waals surface area contributed by atoms with Gasteiger partial charge in [0.25, 0.3) is 0 Å². The van der Waals surface area contributed by atoms with Crippen molar-refractivity contribution in [1.29, 1.82) is 0 Å². The van der Waals surface area contributed by atoms with E-state index >= 15 is 0 Å². The Kier molecular flexibility index (Phi) is 3.18. The molecule has 0 aromatic carbocycles. The summed E-state index contributed by atoms with van der Waals surface area (Å²) in [4.78, 5) is 0. The van der Waals surface area contributed by atoms with Crippen LogP contribution in [0.1, 0.15) is 27.2 Å². The summed E-state index contributed by atoms with van der Waals surface area (Å²) in [5.41, 5.74) is 1.49. The summed E-state index contributed by atoms with van der Waals surface area (Å²) in [5, 5.41) is 0.839. The predicted octanol–water partition coefficient (Wildman–Crippen LogP) is 3.50. The molecular formula is C8H14S2. The first-order chi connectivity index (χ1) is 4.70. The highest BCUT2D eigenvalue weighted by atomic mass is 32.2. The van der Waals surface area contributed by atoms with Crippen LogP contribution in [0.25, 0.3) is 0 Å². The van der Waals surface area contributed by atoms with Crippen molar-refractivity contribution in [3.05, 3.63) is 9.81 Å². The standard InChI is InChI=1S/C8H14S2/c1-6(2)8-9-5-4-7(3)10-8/h7H,4-5H2,1-3H3. The first kappa shape index (κ1) is 8.54. The second kappa shape index (κ2) is 3.72. The summed E-state index contributed by atoms with van der Waals surface area (Å²) in [7, 11) is 0. The summed E-state index contributed by atoms with van der Waals surface area (Å²) in [6, 6.07) is 0. The average Bonchev–Trinajstić information content (AvgIpc) is 1.88. The molecule has 1 aliphatic heterocycles. The number of rotatable bonds is 0. The Morgan fingerprint density at radius 1 is 1.50 bits per heavy atom. The minimum Gasteiger partial charge on any atom is -0.119 e. The molecule has 0 spiro atoms. The molecule has 0 nitrogen and oxygen atoms in total. The van der Waals surface area contributed by atoms with E-state index in [0.29, 0.717) is 0 Å². The Labute approximate surface area is 71.8 Å². The molecule has 58 valence electrons. The van der Waals surface area contributed by atoms with E-state index in [1.54, 1.807) is 4.24 Å². The monoisotopic (exact) mass is 174 g/mol. The van der Waals surface area contributed by atoms with Gasteiger partial charge in [0, 0.05) is 9.49 Å². The van der Waals surface area contributed by atoms with Crippen LogP contribution in [0.4, 0.5) is 0 Å². The van der Waals surface area contributed by atoms with Gasteiger partial charge in [-0.1, -0.05) is 12.5 Å². The molecular weight excluding hydrogens is 160 g/mol. The van der Waals surface area contributed by atoms with Gasteiger partial charge in [0.1, 0.15) is 0 Å². The van der Waals surface area contributed by atoms with Crippen molar-refractivity contribution in [3.63, 3.8) is 0 Å². The van der Waals surface area contributed by atoms with Crippen LogP contribution < -0.4 is 0 Å². The first-order valence-corrected chi connectivity index (χ1v) is 5.53. The van der Waals surface area contributed by atoms with Crippen LogP contribution >= 0.6 is 23.5 Å². The molecule has 0 aliphatic carbocycles. The van der Waals surface area contributed by atoms with Crippen LogP contribution in [0.15, 0.2) is 9.81 Å². The van der Waals surface area contributed by atoms with Gasteiger partial charge in [0.05, 0.1) is 0 Å². The van der Waals surface area contributed by atoms with Gasteiger partial charge in [-0.05, 0) is 26.0 Å². The largest absolute Gasteiger partial charge is 0.119 e. The molecule has 1 fully saturated rings. The van der Waals surface area contributed by atoms with Crippen LogP contribution in [0.5, 0.6) is 0 Å². The SMILES string of the molecule is CC(C)=C1SCCC(C)S1. The molecule has 0 radical (unpaired) electrons. The van der Waals surface area contributed by atoms with Crippen molar-refractivity contribution in [3.8, 4) is 0 Å². The molecule has 0 N–H and O–H groups in total. The zero-order valence-electron chi connectivity index (χ0n) is 6.81. The van der Waals surface area contributed by atoms with Crippen molar-refractivity contribution in [1.82, 2.24) is 0 Å². The van der Waals surface area contributed by atoms with Crippen LogP contribution in [-0.2, 0) is 0 Å². The summed E-state index contributed by atoms with van der Waals surface area (Å²) >= 11 is 4.05. The molecule has 2 heteroatoms. The highest BCUT2D eigenvalue weighted by Gasteiger charge is 2.14. The maximum atomic E-state index is 2.31. The van der Waals surface area contributed by atoms with Gasteiger partial charge in [-0.25, -0.2) is 0 Å². The third kappa shape index (κ3) is 2.24. The normalized spacial score (nSPS) is 26.7. The molecule has 10 heavy (non-hydrogen) atoms. The molecule has 0 bridgehead atoms. The number of hydrogen-bond acceptors (Lipinski definition) is 2. The summed E-state index contributed by atoms with van der Waals surface area (Å²) < 4.78 is 1.55. The molecule has 0 amide bonds. The molecule has 1 saturated heterocycles. The summed E-state index contributed by atoms with van der Waals surface area (Å²) in [6.45, 7) is 6.72. The fourth-order valence-corrected chi connectivity index (χ4v) is 3.80. The first-order valence-electron chi connectivity index (χ1n) is 3.67. The topological polar surface area (TPSA) is 0 Å². The maximum Gasteiger partial charge on any atom is 0.0389 e. The number of thioether (sulfide) groups is 2. The van der Waals surface area contributed by atoms with Crippen molar-refractivity contribution in [2.45, 2.75) is 32.4 Å². The lowest BCUT2D eigenvalue weighted by molar-refractivity contribution is 0.917. The Hall–Kier alpha value is 0.440. The van der Waals surface area contributed by atoms with Crippen LogP contribution in [0, 0.1) is 0 Å². The van der Waals surface area contributed by atoms with E-state index in [4.69, 9.17) is 0 Å². The minimum atomic E-state index is 0.839. The lowest BCUT2D eigenvalue weighted by Gasteiger charge is -2.20. The van der Waals surface area contributed by atoms with Crippen molar-refractivity contribution in [2.24, 2.45) is 0 Å². The van der Waals surface area contributed by atoms with Gasteiger partial charge in [-0.3, -0.25) is 0 Å². The molecule has 0 aromatic rings. The van der Waals surface area contributed by atoms with E-state index in [2.05, 4.69) is 20.8 Å². The minimum absolute atomic E-state index is 0.839. The lowest BCUT2D eigenvalue weighted by atomic mass is 10.4. The molecule has 0 aromatic heterocycles. The molecule has 1 aliphatic rings. The summed E-state index contributed by atoms with van der Waals surface area (Å²) in [5.74, 6) is 1.31. The van der Waals surface area contributed by atoms with Crippen LogP contribution in [0.3, 0.4) is 0 Å². The highest BCUT2D eigenvalue weighted by Crippen LogP contribution is 2.40. The Morgan fingerprint density at radius 3 is 2.60 bits per heavy atom. The third-order valence-corrected chi connectivity index (χ3v) is 4.49. The van der Waals surface area contributed by atoms with Gasteiger partial charge < -0.3 is 0 Å². The lowest BCUT2D eigenvalue weighted by Crippen LogP contribution is -2.03. The molecule has 1 atom stereocenters. The van der Waals surface area contributed by atoms with Crippen molar-refractivity contribution in [2.75, 3.05) is 5.75 Å². The zero-order chi connectivity index (χ0) is 7.56. The van der Waals surface area contributed by atoms with E-state index < -0.39 is 0 Å². The van der Waals surface area contributed by atoms with E-state index in [9.17, 15) is 0 Å². The molecule has 0 saturated carbocycles. The quantitative estimate of drug-likeness (QED) is 0.551. The molecule has 1 rings (SSSR count). The Bertz CT molecular complexity index is 145. The smallest absolute Gasteiger partial charge is 0.0389 e. The zero-order valence-corrected chi connectivity index (χ0v) is 8.44. The van der Waals surface area contributed by atoms with Gasteiger partial charge in [0.2, 0.25) is 0 Å². The fourth-order valence-electron chi connectivity index (χ4n) is 0.855. The second-order valence-corrected chi connectivity index (χ2v) is 5.67. The maximum absolute atomic E-state index is 2.31. The van der Waals surface area contributed by atoms with Gasteiger partial charge in [-0.2, -0.15) is 0 Å². The van der Waals surface area contributed by atoms with Crippen LogP contribution in [-0.4, -0.2) is 11.0 Å². The highest BCUT2D eigenvalue weighted by molar-refractivity contribution is 8.23. The van der Waals surface area contributed by atoms with Gasteiger partial charge in [0.15, 0.2) is 0 Å². The Balaban J connectivity index is 2.55. The number of allylic oxidation sites excluding steroid dienone is 1. The van der Waals surface area contributed by atoms with Gasteiger partial charge >= 0.3 is 0 Å². The number of hydrogen-bond donors (Lipinski definition) is 0. The van der Waals surface area contributed by atoms with Crippen LogP contribution in [0.2, 0.25) is 0 Å². The van der Waals surface area contributed by atoms with Crippen molar-refractivity contribution < 1.29 is 0 Å². The second-order valence-electron chi connectivity index (χ2n) is 2.85. The van der Waals surface area contributed by atoms with E-state index in [-0.39, 0.29) is 0 Å². The third-order valence-electron chi connectivity index (χ3n) is 1.47. The molecule has 1 heterocycles. The molecule has 1 unspecified atom stereocenters. The van der Waals surface area contributed by atoms with E-state index in [1.807, 2.05) is 23.5 Å². The van der Waals surface area contributed by atoms with E-state index in [0.717, 1.165) is 5.25 Å². The average molecular weight is 174 g/mol. The Morgan fingerprint density at radius 2 is 2.20 bits per heavy atom. The fraction of sp³-hybridized carbons (Fsp3) is 0.750.